The lowest BCUT2D eigenvalue weighted by Crippen LogP contribution is -2.36. The third kappa shape index (κ3) is 4.87. The van der Waals surface area contributed by atoms with E-state index in [1.165, 1.54) is 11.3 Å². The van der Waals surface area contributed by atoms with Crippen molar-refractivity contribution < 1.29 is 14.3 Å². The molecule has 9 heteroatoms. The topological polar surface area (TPSA) is 87.7 Å². The van der Waals surface area contributed by atoms with Gasteiger partial charge in [-0.15, -0.1) is 11.3 Å². The molecule has 2 amide bonds. The zero-order valence-corrected chi connectivity index (χ0v) is 22.8. The highest BCUT2D eigenvalue weighted by molar-refractivity contribution is 7.17. The van der Waals surface area contributed by atoms with Gasteiger partial charge in [-0.3, -0.25) is 9.59 Å². The molecule has 5 heterocycles. The number of thiophene rings is 1. The van der Waals surface area contributed by atoms with Crippen LogP contribution in [0.3, 0.4) is 0 Å². The monoisotopic (exact) mass is 551 g/mol. The molecule has 3 aliphatic rings. The molecule has 0 unspecified atom stereocenters. The molecule has 1 aromatic carbocycles. The van der Waals surface area contributed by atoms with Crippen LogP contribution in [0.5, 0.6) is 0 Å². The van der Waals surface area contributed by atoms with Gasteiger partial charge in [-0.1, -0.05) is 24.3 Å². The van der Waals surface area contributed by atoms with Crippen LogP contribution in [-0.4, -0.2) is 60.7 Å². The molecule has 0 atom stereocenters. The number of morpholine rings is 1. The fourth-order valence-electron chi connectivity index (χ4n) is 5.27. The Morgan fingerprint density at radius 2 is 1.82 bits per heavy atom. The Balaban J connectivity index is 1.15. The molecule has 8 nitrogen and oxygen atoms in total. The van der Waals surface area contributed by atoms with E-state index in [2.05, 4.69) is 15.2 Å². The second-order valence-corrected chi connectivity index (χ2v) is 11.4. The molecule has 3 aromatic heterocycles. The molecule has 4 aromatic rings. The first kappa shape index (κ1) is 24.9. The number of ether oxygens (including phenoxy) is 1. The first-order valence-electron chi connectivity index (χ1n) is 13.7. The van der Waals surface area contributed by atoms with Crippen molar-refractivity contribution in [1.29, 1.82) is 0 Å². The second kappa shape index (κ2) is 10.5. The summed E-state index contributed by atoms with van der Waals surface area (Å²) < 4.78 is 5.44. The van der Waals surface area contributed by atoms with E-state index in [9.17, 15) is 9.59 Å². The summed E-state index contributed by atoms with van der Waals surface area (Å²) in [6.45, 7) is 3.57. The maximum atomic E-state index is 13.9. The minimum atomic E-state index is -0.144. The normalized spacial score (nSPS) is 16.6. The lowest BCUT2D eigenvalue weighted by Gasteiger charge is -2.27. The first-order chi connectivity index (χ1) is 19.6. The number of hydrogen-bond donors (Lipinski definition) is 1. The number of carbonyl (C=O) groups excluding carboxylic acids is 2. The van der Waals surface area contributed by atoms with Crippen LogP contribution in [-0.2, 0) is 11.2 Å². The van der Waals surface area contributed by atoms with Gasteiger partial charge in [0, 0.05) is 47.9 Å². The fraction of sp³-hybridized carbons (Fsp3) is 0.290. The van der Waals surface area contributed by atoms with Crippen molar-refractivity contribution in [2.24, 2.45) is 0 Å². The van der Waals surface area contributed by atoms with Gasteiger partial charge in [0.15, 0.2) is 0 Å². The minimum absolute atomic E-state index is 0.000491. The molecule has 0 radical (unpaired) electrons. The van der Waals surface area contributed by atoms with Gasteiger partial charge < -0.3 is 19.9 Å². The van der Waals surface area contributed by atoms with Gasteiger partial charge in [0.25, 0.3) is 11.8 Å². The molecule has 2 aliphatic heterocycles. The maximum Gasteiger partial charge on any atom is 0.276 e. The van der Waals surface area contributed by atoms with E-state index in [1.807, 2.05) is 65.7 Å². The summed E-state index contributed by atoms with van der Waals surface area (Å²) in [7, 11) is 0. The number of pyridine rings is 2. The van der Waals surface area contributed by atoms with Crippen LogP contribution in [0.4, 0.5) is 11.5 Å². The standard InChI is InChI=1S/C31H29N5O3S/c37-30(33-22-9-10-22)27-18-20-12-13-36(26-7-2-1-4-23(26)29(20)40-27)31(38)25-6-3-5-24(34-25)21-8-11-28(32-19-21)35-14-16-39-17-15-35/h1-8,11,18-19,22H,9-10,12-17H2,(H,33,37). The van der Waals surface area contributed by atoms with E-state index < -0.39 is 0 Å². The van der Waals surface area contributed by atoms with Gasteiger partial charge in [-0.2, -0.15) is 0 Å². The SMILES string of the molecule is O=C(NC1CC1)c1cc2c(s1)-c1ccccc1N(C(=O)c1cccc(-c3ccc(N4CCOCC4)nc3)n1)CC2. The van der Waals surface area contributed by atoms with Gasteiger partial charge in [0.1, 0.15) is 11.5 Å². The van der Waals surface area contributed by atoms with Crippen LogP contribution in [0.25, 0.3) is 21.7 Å². The highest BCUT2D eigenvalue weighted by atomic mass is 32.1. The van der Waals surface area contributed by atoms with Crippen LogP contribution < -0.4 is 15.1 Å². The smallest absolute Gasteiger partial charge is 0.276 e. The van der Waals surface area contributed by atoms with E-state index in [0.29, 0.717) is 43.6 Å². The Labute approximate surface area is 236 Å². The average molecular weight is 552 g/mol. The number of para-hydroxylation sites is 1. The number of benzene rings is 1. The molecular weight excluding hydrogens is 522 g/mol. The van der Waals surface area contributed by atoms with Crippen LogP contribution in [0.2, 0.25) is 0 Å². The second-order valence-electron chi connectivity index (χ2n) is 10.3. The summed E-state index contributed by atoms with van der Waals surface area (Å²) in [6, 6.07) is 19.8. The van der Waals surface area contributed by atoms with Gasteiger partial charge in [-0.25, -0.2) is 9.97 Å². The van der Waals surface area contributed by atoms with E-state index in [-0.39, 0.29) is 11.8 Å². The summed E-state index contributed by atoms with van der Waals surface area (Å²) in [5.74, 6) is 0.773. The van der Waals surface area contributed by atoms with Gasteiger partial charge in [0.2, 0.25) is 0 Å². The predicted molar refractivity (Wildman–Crippen MR) is 156 cm³/mol. The number of amides is 2. The predicted octanol–water partition coefficient (Wildman–Crippen LogP) is 4.80. The Hall–Kier alpha value is -4.08. The largest absolute Gasteiger partial charge is 0.378 e. The summed E-state index contributed by atoms with van der Waals surface area (Å²) in [6.07, 6.45) is 4.59. The van der Waals surface area contributed by atoms with Gasteiger partial charge in [0.05, 0.1) is 29.5 Å². The Morgan fingerprint density at radius 3 is 2.62 bits per heavy atom. The molecule has 40 heavy (non-hydrogen) atoms. The fourth-order valence-corrected chi connectivity index (χ4v) is 6.42. The zero-order chi connectivity index (χ0) is 27.1. The zero-order valence-electron chi connectivity index (χ0n) is 22.0. The number of carbonyl (C=O) groups is 2. The van der Waals surface area contributed by atoms with Crippen LogP contribution >= 0.6 is 11.3 Å². The molecule has 1 saturated heterocycles. The third-order valence-corrected chi connectivity index (χ3v) is 8.79. The molecular formula is C31H29N5O3S. The van der Waals surface area contributed by atoms with E-state index in [4.69, 9.17) is 9.72 Å². The van der Waals surface area contributed by atoms with Crippen molar-refractivity contribution in [3.8, 4) is 21.7 Å². The number of fused-ring (bicyclic) bond motifs is 3. The number of anilines is 2. The summed E-state index contributed by atoms with van der Waals surface area (Å²) in [5, 5.41) is 3.09. The summed E-state index contributed by atoms with van der Waals surface area (Å²) in [4.78, 5) is 41.9. The molecule has 1 saturated carbocycles. The maximum absolute atomic E-state index is 13.9. The minimum Gasteiger partial charge on any atom is -0.378 e. The number of nitrogens with one attached hydrogen (secondary N) is 1. The Morgan fingerprint density at radius 1 is 0.975 bits per heavy atom. The highest BCUT2D eigenvalue weighted by Gasteiger charge is 2.29. The molecule has 7 rings (SSSR count). The van der Waals surface area contributed by atoms with Crippen molar-refractivity contribution >= 4 is 34.7 Å². The lowest BCUT2D eigenvalue weighted by atomic mass is 10.1. The van der Waals surface area contributed by atoms with Crippen molar-refractivity contribution in [2.75, 3.05) is 42.6 Å². The van der Waals surface area contributed by atoms with Crippen molar-refractivity contribution in [3.63, 3.8) is 0 Å². The van der Waals surface area contributed by atoms with Crippen LogP contribution in [0.1, 0.15) is 38.6 Å². The molecule has 0 spiro atoms. The molecule has 2 fully saturated rings. The van der Waals surface area contributed by atoms with Crippen molar-refractivity contribution in [1.82, 2.24) is 15.3 Å². The number of aromatic nitrogens is 2. The van der Waals surface area contributed by atoms with Crippen LogP contribution in [0, 0.1) is 0 Å². The van der Waals surface area contributed by atoms with Gasteiger partial charge in [-0.05, 0) is 61.2 Å². The van der Waals surface area contributed by atoms with Gasteiger partial charge >= 0.3 is 0 Å². The molecule has 1 aliphatic carbocycles. The molecule has 202 valence electrons. The molecule has 0 bridgehead atoms. The van der Waals surface area contributed by atoms with E-state index in [1.54, 1.807) is 6.07 Å². The summed E-state index contributed by atoms with van der Waals surface area (Å²) >= 11 is 1.51. The quantitative estimate of drug-likeness (QED) is 0.383. The van der Waals surface area contributed by atoms with Crippen LogP contribution in [0.15, 0.2) is 66.9 Å². The Kier molecular flexibility index (Phi) is 6.53. The third-order valence-electron chi connectivity index (χ3n) is 7.58. The first-order valence-corrected chi connectivity index (χ1v) is 14.6. The highest BCUT2D eigenvalue weighted by Crippen LogP contribution is 2.42. The number of nitrogens with zero attached hydrogens (tertiary/aromatic N) is 4. The molecule has 1 N–H and O–H groups in total. The average Bonchev–Trinajstić information content (AvgIpc) is 3.75. The summed E-state index contributed by atoms with van der Waals surface area (Å²) in [5.41, 5.74) is 4.87. The van der Waals surface area contributed by atoms with Crippen molar-refractivity contribution in [2.45, 2.75) is 25.3 Å². The van der Waals surface area contributed by atoms with Crippen molar-refractivity contribution in [3.05, 3.63) is 83.0 Å². The van der Waals surface area contributed by atoms with E-state index >= 15 is 0 Å². The Bertz CT molecular complexity index is 1570. The van der Waals surface area contributed by atoms with E-state index in [0.717, 1.165) is 63.9 Å². The number of hydrogen-bond acceptors (Lipinski definition) is 7. The number of rotatable bonds is 5. The lowest BCUT2D eigenvalue weighted by molar-refractivity contribution is 0.0952.